The van der Waals surface area contributed by atoms with E-state index >= 15 is 9.59 Å². The Morgan fingerprint density at radius 3 is 2.30 bits per heavy atom. The first-order valence-electron chi connectivity index (χ1n) is 19.9. The summed E-state index contributed by atoms with van der Waals surface area (Å²) in [6.07, 6.45) is 3.43. The molecule has 3 heterocycles. The summed E-state index contributed by atoms with van der Waals surface area (Å²) in [5, 5.41) is 14.0. The molecule has 3 amide bonds. The molecule has 0 aromatic heterocycles. The minimum atomic E-state index is -1.41. The number of hydrogen-bond donors (Lipinski definition) is 2. The number of alkyl halides is 1. The van der Waals surface area contributed by atoms with Gasteiger partial charge in [0, 0.05) is 30.4 Å². The van der Waals surface area contributed by atoms with E-state index in [0.717, 1.165) is 5.56 Å². The number of carbonyl (C=O) groups is 4. The maximum Gasteiger partial charge on any atom is 0.313 e. The number of halogens is 1. The molecule has 9 atom stereocenters. The number of likely N-dealkylation sites (tertiary alicyclic amines) is 1. The van der Waals surface area contributed by atoms with Crippen LogP contribution in [0.3, 0.4) is 0 Å². The van der Waals surface area contributed by atoms with E-state index in [0.29, 0.717) is 18.4 Å². The summed E-state index contributed by atoms with van der Waals surface area (Å²) in [4.78, 5) is 61.4. The molecule has 12 heteroatoms. The molecule has 2 bridgehead atoms. The van der Waals surface area contributed by atoms with Crippen LogP contribution in [0, 0.1) is 17.3 Å². The molecule has 2 aromatic rings. The molecule has 1 unspecified atom stereocenters. The second-order valence-corrected chi connectivity index (χ2v) is 18.6. The molecule has 2 N–H and O–H groups in total. The lowest BCUT2D eigenvalue weighted by Crippen LogP contribution is -2.63. The number of nitrogens with one attached hydrogen (secondary N) is 1. The number of benzene rings is 2. The van der Waals surface area contributed by atoms with E-state index in [1.54, 1.807) is 17.1 Å². The number of carbonyl (C=O) groups excluding carboxylic acids is 4. The Morgan fingerprint density at radius 1 is 1.07 bits per heavy atom. The Balaban J connectivity index is 1.59. The van der Waals surface area contributed by atoms with Crippen molar-refractivity contribution >= 4 is 39.6 Å². The van der Waals surface area contributed by atoms with Crippen molar-refractivity contribution in [2.75, 3.05) is 26.9 Å². The third-order valence-corrected chi connectivity index (χ3v) is 12.3. The maximum absolute atomic E-state index is 15.4. The maximum atomic E-state index is 15.4. The van der Waals surface area contributed by atoms with Gasteiger partial charge in [0.05, 0.1) is 43.2 Å². The standard InChI is InChI=1S/C45H60BrN3O8/c1-9-11-22-34(51)47-33(27-55-8)37(30-20-16-13-17-21-30)56-42(54)35-36-40(52)49(31(26-50)24-29-18-14-12-15-19-29)39(45(36)25-32(46)38(35)57-45)41(53)48(23-10-2)44(6,7)28-43(3,4)5/h9-10,12-21,31-33,35-39,50H,1-2,11,22-28H2,3-8H3,(H,47,51)/t31-,32?,33-,35+,36-,37-,38+,39+,45-/m1/s1. The summed E-state index contributed by atoms with van der Waals surface area (Å²) in [7, 11) is 1.50. The molecule has 3 aliphatic heterocycles. The number of ether oxygens (including phenoxy) is 3. The summed E-state index contributed by atoms with van der Waals surface area (Å²) in [6.45, 7) is 17.9. The van der Waals surface area contributed by atoms with Crippen LogP contribution in [0.4, 0.5) is 0 Å². The first-order chi connectivity index (χ1) is 27.0. The van der Waals surface area contributed by atoms with Gasteiger partial charge in [-0.25, -0.2) is 0 Å². The molecule has 3 fully saturated rings. The third kappa shape index (κ3) is 9.40. The summed E-state index contributed by atoms with van der Waals surface area (Å²) in [6, 6.07) is 15.9. The normalized spacial score (nSPS) is 25.6. The number of methoxy groups -OCH3 is 1. The fourth-order valence-corrected chi connectivity index (χ4v) is 10.5. The summed E-state index contributed by atoms with van der Waals surface area (Å²) >= 11 is 3.79. The lowest BCUT2D eigenvalue weighted by molar-refractivity contribution is -0.163. The van der Waals surface area contributed by atoms with Crippen molar-refractivity contribution in [3.8, 4) is 0 Å². The number of hydrogen-bond acceptors (Lipinski definition) is 8. The molecular weight excluding hydrogens is 790 g/mol. The zero-order chi connectivity index (χ0) is 41.7. The van der Waals surface area contributed by atoms with Crippen molar-refractivity contribution in [1.82, 2.24) is 15.1 Å². The van der Waals surface area contributed by atoms with E-state index < -0.39 is 76.6 Å². The number of nitrogens with zero attached hydrogens (tertiary/aromatic N) is 2. The number of rotatable bonds is 19. The molecule has 1 spiro atoms. The second-order valence-electron chi connectivity index (χ2n) is 17.4. The molecule has 5 rings (SSSR count). The fourth-order valence-electron chi connectivity index (χ4n) is 9.58. The van der Waals surface area contributed by atoms with Gasteiger partial charge in [-0.05, 0) is 56.1 Å². The lowest BCUT2D eigenvalue weighted by Gasteiger charge is -2.46. The molecule has 3 aliphatic rings. The van der Waals surface area contributed by atoms with E-state index in [-0.39, 0.29) is 49.6 Å². The van der Waals surface area contributed by atoms with Gasteiger partial charge in [0.25, 0.3) is 0 Å². The number of fused-ring (bicyclic) bond motifs is 1. The molecule has 11 nitrogen and oxygen atoms in total. The van der Waals surface area contributed by atoms with Crippen LogP contribution >= 0.6 is 15.9 Å². The van der Waals surface area contributed by atoms with Crippen LogP contribution < -0.4 is 5.32 Å². The van der Waals surface area contributed by atoms with Gasteiger partial charge in [0.2, 0.25) is 17.7 Å². The largest absolute Gasteiger partial charge is 0.455 e. The molecule has 0 radical (unpaired) electrons. The predicted octanol–water partition coefficient (Wildman–Crippen LogP) is 5.95. The number of aliphatic hydroxyl groups excluding tert-OH is 1. The minimum absolute atomic E-state index is 0.0378. The minimum Gasteiger partial charge on any atom is -0.455 e. The van der Waals surface area contributed by atoms with Crippen LogP contribution in [0.5, 0.6) is 0 Å². The van der Waals surface area contributed by atoms with Gasteiger partial charge in [-0.2, -0.15) is 0 Å². The lowest BCUT2D eigenvalue weighted by atomic mass is 9.70. The highest BCUT2D eigenvalue weighted by Crippen LogP contribution is 2.61. The highest BCUT2D eigenvalue weighted by molar-refractivity contribution is 9.09. The molecule has 2 aromatic carbocycles. The topological polar surface area (TPSA) is 135 Å². The van der Waals surface area contributed by atoms with Crippen molar-refractivity contribution in [3.05, 3.63) is 97.1 Å². The summed E-state index contributed by atoms with van der Waals surface area (Å²) in [5.41, 5.74) is -0.715. The molecule has 0 aliphatic carbocycles. The SMILES string of the molecule is C=CCCC(=O)N[C@H](COC)[C@H](OC(=O)[C@@H]1[C@H]2O[C@@]3(CC2Br)[C@H](C(=O)N(CC=C)C(C)(C)CC(C)(C)C)N([C@@H](CO)Cc2ccccc2)C(=O)[C@@H]13)c1ccccc1. The van der Waals surface area contributed by atoms with E-state index in [4.69, 9.17) is 14.2 Å². The molecule has 57 heavy (non-hydrogen) atoms. The van der Waals surface area contributed by atoms with Crippen LogP contribution in [-0.2, 0) is 39.8 Å². The van der Waals surface area contributed by atoms with E-state index in [1.165, 1.54) is 12.0 Å². The molecule has 310 valence electrons. The Labute approximate surface area is 346 Å². The third-order valence-electron chi connectivity index (χ3n) is 11.4. The van der Waals surface area contributed by atoms with E-state index in [9.17, 15) is 14.7 Å². The zero-order valence-electron chi connectivity index (χ0n) is 34.2. The van der Waals surface area contributed by atoms with Crippen LogP contribution in [-0.4, -0.2) is 106 Å². The average Bonchev–Trinajstić information content (AvgIpc) is 3.76. The van der Waals surface area contributed by atoms with E-state index in [1.807, 2.05) is 74.5 Å². The van der Waals surface area contributed by atoms with Gasteiger partial charge in [-0.15, -0.1) is 13.2 Å². The van der Waals surface area contributed by atoms with Crippen molar-refractivity contribution in [3.63, 3.8) is 0 Å². The predicted molar refractivity (Wildman–Crippen MR) is 222 cm³/mol. The molecule has 0 saturated carbocycles. The Bertz CT molecular complexity index is 1750. The van der Waals surface area contributed by atoms with Crippen molar-refractivity contribution in [1.29, 1.82) is 0 Å². The zero-order valence-corrected chi connectivity index (χ0v) is 35.8. The smallest absolute Gasteiger partial charge is 0.313 e. The molecule has 3 saturated heterocycles. The highest BCUT2D eigenvalue weighted by atomic mass is 79.9. The van der Waals surface area contributed by atoms with Gasteiger partial charge in [-0.3, -0.25) is 19.2 Å². The summed E-state index contributed by atoms with van der Waals surface area (Å²) < 4.78 is 18.8. The second kappa shape index (κ2) is 18.4. The fraction of sp³-hybridized carbons (Fsp3) is 0.556. The number of esters is 1. The van der Waals surface area contributed by atoms with Gasteiger partial charge < -0.3 is 34.4 Å². The quantitative estimate of drug-likeness (QED) is 0.101. The average molecular weight is 851 g/mol. The summed E-state index contributed by atoms with van der Waals surface area (Å²) in [5.74, 6) is -3.90. The van der Waals surface area contributed by atoms with Crippen molar-refractivity contribution < 1.29 is 38.5 Å². The highest BCUT2D eigenvalue weighted by Gasteiger charge is 2.78. The Morgan fingerprint density at radius 2 is 1.72 bits per heavy atom. The Hall–Kier alpha value is -3.84. The first-order valence-corrected chi connectivity index (χ1v) is 20.8. The van der Waals surface area contributed by atoms with Gasteiger partial charge in [0.15, 0.2) is 0 Å². The van der Waals surface area contributed by atoms with Gasteiger partial charge in [0.1, 0.15) is 17.7 Å². The van der Waals surface area contributed by atoms with Crippen LogP contribution in [0.1, 0.15) is 77.5 Å². The number of aliphatic hydroxyl groups is 1. The number of allylic oxidation sites excluding steroid dienone is 1. The van der Waals surface area contributed by atoms with Crippen molar-refractivity contribution in [2.45, 2.75) is 113 Å². The van der Waals surface area contributed by atoms with Gasteiger partial charge in [-0.1, -0.05) is 110 Å². The van der Waals surface area contributed by atoms with Crippen LogP contribution in [0.25, 0.3) is 0 Å². The van der Waals surface area contributed by atoms with Crippen LogP contribution in [0.15, 0.2) is 86.0 Å². The first kappa shape index (κ1) is 44.3. The van der Waals surface area contributed by atoms with Crippen molar-refractivity contribution in [2.24, 2.45) is 17.3 Å². The Kier molecular flexibility index (Phi) is 14.3. The monoisotopic (exact) mass is 849 g/mol. The number of amides is 3. The van der Waals surface area contributed by atoms with Gasteiger partial charge >= 0.3 is 5.97 Å². The molecular formula is C45H60BrN3O8. The van der Waals surface area contributed by atoms with E-state index in [2.05, 4.69) is 55.2 Å². The van der Waals surface area contributed by atoms with Crippen LogP contribution in [0.2, 0.25) is 0 Å².